The maximum Gasteiger partial charge on any atom is 0.267 e. The van der Waals surface area contributed by atoms with Crippen molar-refractivity contribution in [1.29, 1.82) is 0 Å². The number of rotatable bonds is 4. The summed E-state index contributed by atoms with van der Waals surface area (Å²) in [5.41, 5.74) is 2.35. The third kappa shape index (κ3) is 3.81. The van der Waals surface area contributed by atoms with Gasteiger partial charge in [-0.05, 0) is 49.7 Å². The van der Waals surface area contributed by atoms with Crippen molar-refractivity contribution in [3.05, 3.63) is 63.6 Å². The van der Waals surface area contributed by atoms with Crippen LogP contribution in [0.5, 0.6) is 0 Å². The molecule has 2 unspecified atom stereocenters. The molecular formula is C24H29N3O4. The molecule has 2 fully saturated rings. The third-order valence-electron chi connectivity index (χ3n) is 7.02. The van der Waals surface area contributed by atoms with Crippen molar-refractivity contribution in [3.8, 4) is 0 Å². The third-order valence-corrected chi connectivity index (χ3v) is 7.02. The minimum Gasteiger partial charge on any atom is -0.381 e. The monoisotopic (exact) mass is 423 g/mol. The van der Waals surface area contributed by atoms with Crippen molar-refractivity contribution in [2.75, 3.05) is 26.4 Å². The minimum absolute atomic E-state index is 0.0199. The Morgan fingerprint density at radius 2 is 1.84 bits per heavy atom. The molecule has 7 heteroatoms. The topological polar surface area (TPSA) is 82.5 Å². The highest BCUT2D eigenvalue weighted by Crippen LogP contribution is 2.36. The Balaban J connectivity index is 1.41. The van der Waals surface area contributed by atoms with Crippen molar-refractivity contribution in [1.82, 2.24) is 15.1 Å². The number of aryl methyl sites for hydroxylation is 2. The lowest BCUT2D eigenvalue weighted by Gasteiger charge is -2.37. The zero-order valence-electron chi connectivity index (χ0n) is 17.7. The van der Waals surface area contributed by atoms with Gasteiger partial charge in [0.25, 0.3) is 5.56 Å². The molecule has 1 amide bonds. The van der Waals surface area contributed by atoms with Crippen LogP contribution >= 0.6 is 0 Å². The number of hydrogen-bond donors (Lipinski definition) is 1. The number of benzene rings is 1. The van der Waals surface area contributed by atoms with E-state index in [1.54, 1.807) is 10.7 Å². The molecule has 2 saturated heterocycles. The maximum atomic E-state index is 13.6. The highest BCUT2D eigenvalue weighted by Gasteiger charge is 2.44. The first-order valence-electron chi connectivity index (χ1n) is 11.3. The molecule has 31 heavy (non-hydrogen) atoms. The summed E-state index contributed by atoms with van der Waals surface area (Å²) in [6.07, 6.45) is 5.30. The summed E-state index contributed by atoms with van der Waals surface area (Å²) in [7, 11) is 0. The van der Waals surface area contributed by atoms with Gasteiger partial charge in [-0.3, -0.25) is 9.59 Å². The van der Waals surface area contributed by atoms with Crippen molar-refractivity contribution >= 4 is 5.91 Å². The molecular weight excluding hydrogens is 394 g/mol. The molecule has 2 atom stereocenters. The van der Waals surface area contributed by atoms with E-state index in [0.29, 0.717) is 39.3 Å². The number of carbonyl (C=O) groups excluding carboxylic acids is 1. The lowest BCUT2D eigenvalue weighted by Crippen LogP contribution is -2.53. The lowest BCUT2D eigenvalue weighted by atomic mass is 9.73. The Kier molecular flexibility index (Phi) is 5.63. The van der Waals surface area contributed by atoms with E-state index in [9.17, 15) is 9.59 Å². The van der Waals surface area contributed by atoms with Gasteiger partial charge >= 0.3 is 0 Å². The van der Waals surface area contributed by atoms with Gasteiger partial charge in [0.2, 0.25) is 5.91 Å². The summed E-state index contributed by atoms with van der Waals surface area (Å²) in [5.74, 6) is -0.0199. The van der Waals surface area contributed by atoms with Crippen LogP contribution in [-0.2, 0) is 32.5 Å². The Hall–Kier alpha value is -2.51. The number of hydrogen-bond acceptors (Lipinski definition) is 5. The average molecular weight is 424 g/mol. The van der Waals surface area contributed by atoms with Crippen molar-refractivity contribution in [2.24, 2.45) is 0 Å². The maximum absolute atomic E-state index is 13.6. The van der Waals surface area contributed by atoms with E-state index in [2.05, 4.69) is 5.32 Å². The summed E-state index contributed by atoms with van der Waals surface area (Å²) in [6.45, 7) is 1.86. The van der Waals surface area contributed by atoms with Gasteiger partial charge in [-0.2, -0.15) is 5.10 Å². The largest absolute Gasteiger partial charge is 0.381 e. The van der Waals surface area contributed by atoms with Gasteiger partial charge < -0.3 is 14.8 Å². The fraction of sp³-hybridized carbons (Fsp3) is 0.542. The van der Waals surface area contributed by atoms with Gasteiger partial charge in [0.15, 0.2) is 0 Å². The first-order valence-corrected chi connectivity index (χ1v) is 11.3. The number of nitrogens with one attached hydrogen (secondary N) is 1. The Morgan fingerprint density at radius 3 is 2.65 bits per heavy atom. The van der Waals surface area contributed by atoms with Gasteiger partial charge in [-0.1, -0.05) is 30.3 Å². The fourth-order valence-corrected chi connectivity index (χ4v) is 5.17. The van der Waals surface area contributed by atoms with E-state index in [1.807, 2.05) is 30.3 Å². The van der Waals surface area contributed by atoms with Crippen LogP contribution in [0.2, 0.25) is 0 Å². The van der Waals surface area contributed by atoms with E-state index in [4.69, 9.17) is 14.6 Å². The molecule has 0 saturated carbocycles. The molecule has 3 heterocycles. The molecule has 1 aromatic carbocycles. The highest BCUT2D eigenvalue weighted by atomic mass is 16.5. The van der Waals surface area contributed by atoms with Gasteiger partial charge in [0.05, 0.1) is 30.4 Å². The molecule has 164 valence electrons. The number of nitrogens with zero attached hydrogens (tertiary/aromatic N) is 2. The molecule has 0 bridgehead atoms. The number of aromatic nitrogens is 2. The first kappa shape index (κ1) is 20.4. The number of ether oxygens (including phenoxy) is 2. The molecule has 1 aliphatic carbocycles. The number of amides is 1. The van der Waals surface area contributed by atoms with Crippen LogP contribution in [0.3, 0.4) is 0 Å². The van der Waals surface area contributed by atoms with Crippen LogP contribution in [-0.4, -0.2) is 48.2 Å². The quantitative estimate of drug-likeness (QED) is 0.813. The molecule has 1 N–H and O–H groups in total. The number of fused-ring (bicyclic) bond motifs is 1. The zero-order chi connectivity index (χ0) is 21.3. The summed E-state index contributed by atoms with van der Waals surface area (Å²) in [4.78, 5) is 26.5. The Morgan fingerprint density at radius 1 is 1.06 bits per heavy atom. The predicted molar refractivity (Wildman–Crippen MR) is 115 cm³/mol. The SMILES string of the molecule is O=C(NC1COCC1n1nc2c(cc1=O)CCCC2)C1(c2ccccc2)CCOCC1. The smallest absolute Gasteiger partial charge is 0.267 e. The first-order chi connectivity index (χ1) is 15.2. The van der Waals surface area contributed by atoms with E-state index in [-0.39, 0.29) is 23.6 Å². The lowest BCUT2D eigenvalue weighted by molar-refractivity contribution is -0.131. The molecule has 1 aromatic heterocycles. The van der Waals surface area contributed by atoms with Crippen LogP contribution in [0, 0.1) is 0 Å². The van der Waals surface area contributed by atoms with E-state index in [0.717, 1.165) is 42.5 Å². The van der Waals surface area contributed by atoms with Crippen molar-refractivity contribution in [2.45, 2.75) is 56.0 Å². The second-order valence-electron chi connectivity index (χ2n) is 8.85. The van der Waals surface area contributed by atoms with Gasteiger partial charge in [-0.15, -0.1) is 0 Å². The summed E-state index contributed by atoms with van der Waals surface area (Å²) in [6, 6.07) is 11.1. The summed E-state index contributed by atoms with van der Waals surface area (Å²) < 4.78 is 12.8. The van der Waals surface area contributed by atoms with Crippen LogP contribution in [0.4, 0.5) is 0 Å². The second-order valence-corrected chi connectivity index (χ2v) is 8.85. The molecule has 0 radical (unpaired) electrons. The summed E-state index contributed by atoms with van der Waals surface area (Å²) in [5, 5.41) is 7.92. The van der Waals surface area contributed by atoms with Crippen LogP contribution < -0.4 is 10.9 Å². The highest BCUT2D eigenvalue weighted by molar-refractivity contribution is 5.88. The molecule has 2 aromatic rings. The number of carbonyl (C=O) groups is 1. The fourth-order valence-electron chi connectivity index (χ4n) is 5.17. The average Bonchev–Trinajstić information content (AvgIpc) is 3.27. The minimum atomic E-state index is -0.624. The van der Waals surface area contributed by atoms with E-state index in [1.165, 1.54) is 0 Å². The second kappa shape index (κ2) is 8.55. The molecule has 2 aliphatic heterocycles. The standard InChI is InChI=1S/C24H29N3O4/c28-22-14-17-6-4-5-9-19(17)26-27(22)21-16-31-15-20(21)25-23(29)24(10-12-30-13-11-24)18-7-2-1-3-8-18/h1-3,7-8,14,20-21H,4-6,9-13,15-16H2,(H,25,29). The van der Waals surface area contributed by atoms with Gasteiger partial charge in [0.1, 0.15) is 6.04 Å². The Bertz CT molecular complexity index is 998. The predicted octanol–water partition coefficient (Wildman–Crippen LogP) is 1.93. The van der Waals surface area contributed by atoms with E-state index < -0.39 is 5.41 Å². The van der Waals surface area contributed by atoms with Crippen molar-refractivity contribution < 1.29 is 14.3 Å². The molecule has 0 spiro atoms. The molecule has 3 aliphatic rings. The van der Waals surface area contributed by atoms with Crippen LogP contribution in [0.1, 0.15) is 48.5 Å². The van der Waals surface area contributed by atoms with Gasteiger partial charge in [0, 0.05) is 19.3 Å². The van der Waals surface area contributed by atoms with Crippen molar-refractivity contribution in [3.63, 3.8) is 0 Å². The molecule has 5 rings (SSSR count). The Labute approximate surface area is 181 Å². The summed E-state index contributed by atoms with van der Waals surface area (Å²) >= 11 is 0. The zero-order valence-corrected chi connectivity index (χ0v) is 17.7. The van der Waals surface area contributed by atoms with Crippen LogP contribution in [0.15, 0.2) is 41.2 Å². The van der Waals surface area contributed by atoms with E-state index >= 15 is 0 Å². The van der Waals surface area contributed by atoms with Gasteiger partial charge in [-0.25, -0.2) is 4.68 Å². The molecule has 7 nitrogen and oxygen atoms in total. The normalized spacial score (nSPS) is 25.0. The van der Waals surface area contributed by atoms with Crippen LogP contribution in [0.25, 0.3) is 0 Å².